The summed E-state index contributed by atoms with van der Waals surface area (Å²) < 4.78 is 6.66. The van der Waals surface area contributed by atoms with E-state index in [-0.39, 0.29) is 12.4 Å². The van der Waals surface area contributed by atoms with Crippen LogP contribution in [0.1, 0.15) is 18.4 Å². The molecule has 0 amide bonds. The number of nitrogens with zero attached hydrogens (tertiary/aromatic N) is 3. The largest absolute Gasteiger partial charge is 0.466 e. The van der Waals surface area contributed by atoms with Crippen LogP contribution in [0.4, 0.5) is 0 Å². The Kier molecular flexibility index (Phi) is 3.28. The normalized spacial score (nSPS) is 10.8. The van der Waals surface area contributed by atoms with Crippen LogP contribution in [0.5, 0.6) is 0 Å². The highest BCUT2D eigenvalue weighted by Gasteiger charge is 2.10. The molecule has 6 heteroatoms. The van der Waals surface area contributed by atoms with Gasteiger partial charge in [-0.2, -0.15) is 0 Å². The summed E-state index contributed by atoms with van der Waals surface area (Å²) in [5.41, 5.74) is 1.33. The Morgan fingerprint density at radius 2 is 2.29 bits per heavy atom. The molecule has 2 aromatic heterocycles. The Balaban J connectivity index is 2.32. The molecule has 0 N–H and O–H groups in total. The first kappa shape index (κ1) is 11.9. The molecule has 0 aliphatic heterocycles. The van der Waals surface area contributed by atoms with Gasteiger partial charge in [-0.25, -0.2) is 9.97 Å². The predicted molar refractivity (Wildman–Crippen MR) is 63.1 cm³/mol. The molecular formula is C11H12ClN3O2. The SMILES string of the molecule is CCOC(=O)Cc1cn2c(C)nc(Cl)cc2n1. The Labute approximate surface area is 103 Å². The molecule has 0 radical (unpaired) electrons. The first-order valence-corrected chi connectivity index (χ1v) is 5.64. The maximum Gasteiger partial charge on any atom is 0.311 e. The third kappa shape index (κ3) is 2.55. The monoisotopic (exact) mass is 253 g/mol. The second kappa shape index (κ2) is 4.71. The Bertz CT molecular complexity index is 565. The number of ether oxygens (including phenoxy) is 1. The quantitative estimate of drug-likeness (QED) is 0.618. The number of carbonyl (C=O) groups is 1. The lowest BCUT2D eigenvalue weighted by molar-refractivity contribution is -0.142. The van der Waals surface area contributed by atoms with E-state index in [0.29, 0.717) is 23.1 Å². The summed E-state index contributed by atoms with van der Waals surface area (Å²) in [4.78, 5) is 19.7. The number of aryl methyl sites for hydroxylation is 1. The van der Waals surface area contributed by atoms with Crippen LogP contribution in [0.25, 0.3) is 5.65 Å². The Morgan fingerprint density at radius 1 is 1.53 bits per heavy atom. The summed E-state index contributed by atoms with van der Waals surface area (Å²) in [6.07, 6.45) is 1.93. The minimum absolute atomic E-state index is 0.159. The molecule has 0 aliphatic carbocycles. The number of hydrogen-bond acceptors (Lipinski definition) is 4. The van der Waals surface area contributed by atoms with Crippen LogP contribution in [0.15, 0.2) is 12.3 Å². The van der Waals surface area contributed by atoms with Crippen molar-refractivity contribution in [1.29, 1.82) is 0 Å². The summed E-state index contributed by atoms with van der Waals surface area (Å²) >= 11 is 5.83. The number of halogens is 1. The molecule has 0 aliphatic rings. The maximum atomic E-state index is 11.3. The van der Waals surface area contributed by atoms with Gasteiger partial charge in [0.25, 0.3) is 0 Å². The fraction of sp³-hybridized carbons (Fsp3) is 0.364. The molecule has 2 heterocycles. The Hall–Kier alpha value is -1.62. The van der Waals surface area contributed by atoms with Crippen LogP contribution in [0.3, 0.4) is 0 Å². The smallest absolute Gasteiger partial charge is 0.311 e. The van der Waals surface area contributed by atoms with Gasteiger partial charge in [-0.05, 0) is 13.8 Å². The van der Waals surface area contributed by atoms with E-state index in [9.17, 15) is 4.79 Å². The van der Waals surface area contributed by atoms with Gasteiger partial charge in [0.1, 0.15) is 16.6 Å². The van der Waals surface area contributed by atoms with Crippen LogP contribution >= 0.6 is 11.6 Å². The molecule has 0 saturated carbocycles. The number of hydrogen-bond donors (Lipinski definition) is 0. The standard InChI is InChI=1S/C11H12ClN3O2/c1-3-17-11(16)4-8-6-15-7(2)13-9(12)5-10(15)14-8/h5-6H,3-4H2,1-2H3. The average Bonchev–Trinajstić information content (AvgIpc) is 2.60. The van der Waals surface area contributed by atoms with Crippen molar-refractivity contribution in [1.82, 2.24) is 14.4 Å². The fourth-order valence-electron chi connectivity index (χ4n) is 1.60. The van der Waals surface area contributed by atoms with Gasteiger partial charge in [0.2, 0.25) is 0 Å². The van der Waals surface area contributed by atoms with Crippen LogP contribution in [-0.4, -0.2) is 26.9 Å². The van der Waals surface area contributed by atoms with Crippen molar-refractivity contribution in [2.75, 3.05) is 6.61 Å². The van der Waals surface area contributed by atoms with Crippen LogP contribution < -0.4 is 0 Å². The van der Waals surface area contributed by atoms with Crippen molar-refractivity contribution in [3.63, 3.8) is 0 Å². The lowest BCUT2D eigenvalue weighted by atomic mass is 10.3. The van der Waals surface area contributed by atoms with Gasteiger partial charge in [0, 0.05) is 12.3 Å². The molecule has 0 atom stereocenters. The van der Waals surface area contributed by atoms with Gasteiger partial charge >= 0.3 is 5.97 Å². The average molecular weight is 254 g/mol. The summed E-state index contributed by atoms with van der Waals surface area (Å²) in [6.45, 7) is 3.97. The van der Waals surface area contributed by atoms with Crippen molar-refractivity contribution in [3.05, 3.63) is 28.9 Å². The second-order valence-electron chi connectivity index (χ2n) is 3.57. The molecular weight excluding hydrogens is 242 g/mol. The third-order valence-electron chi connectivity index (χ3n) is 2.28. The molecule has 2 rings (SSSR count). The number of carbonyl (C=O) groups excluding carboxylic acids is 1. The highest BCUT2D eigenvalue weighted by Crippen LogP contribution is 2.13. The van der Waals surface area contributed by atoms with E-state index in [1.54, 1.807) is 23.6 Å². The second-order valence-corrected chi connectivity index (χ2v) is 3.96. The number of aromatic nitrogens is 3. The first-order valence-electron chi connectivity index (χ1n) is 5.27. The van der Waals surface area contributed by atoms with Gasteiger partial charge in [-0.3, -0.25) is 9.20 Å². The number of esters is 1. The number of fused-ring (bicyclic) bond motifs is 1. The molecule has 0 saturated heterocycles. The van der Waals surface area contributed by atoms with Crippen molar-refractivity contribution < 1.29 is 9.53 Å². The highest BCUT2D eigenvalue weighted by atomic mass is 35.5. The van der Waals surface area contributed by atoms with Crippen molar-refractivity contribution in [3.8, 4) is 0 Å². The summed E-state index contributed by atoms with van der Waals surface area (Å²) in [6, 6.07) is 1.66. The van der Waals surface area contributed by atoms with Crippen molar-refractivity contribution in [2.24, 2.45) is 0 Å². The lowest BCUT2D eigenvalue weighted by Gasteiger charge is -1.98. The van der Waals surface area contributed by atoms with Gasteiger partial charge in [0.05, 0.1) is 18.7 Å². The topological polar surface area (TPSA) is 56.5 Å². The van der Waals surface area contributed by atoms with E-state index < -0.39 is 0 Å². The lowest BCUT2D eigenvalue weighted by Crippen LogP contribution is -2.07. The summed E-state index contributed by atoms with van der Waals surface area (Å²) in [7, 11) is 0. The number of rotatable bonds is 3. The van der Waals surface area contributed by atoms with Crippen LogP contribution in [0.2, 0.25) is 5.15 Å². The maximum absolute atomic E-state index is 11.3. The van der Waals surface area contributed by atoms with E-state index in [1.807, 2.05) is 6.92 Å². The molecule has 2 aromatic rings. The van der Waals surface area contributed by atoms with E-state index in [4.69, 9.17) is 16.3 Å². The van der Waals surface area contributed by atoms with E-state index >= 15 is 0 Å². The summed E-state index contributed by atoms with van der Waals surface area (Å²) in [5, 5.41) is 0.392. The zero-order valence-corrected chi connectivity index (χ0v) is 10.4. The van der Waals surface area contributed by atoms with Crippen LogP contribution in [-0.2, 0) is 16.0 Å². The third-order valence-corrected chi connectivity index (χ3v) is 2.47. The molecule has 0 fully saturated rings. The predicted octanol–water partition coefficient (Wildman–Crippen LogP) is 1.80. The fourth-order valence-corrected chi connectivity index (χ4v) is 1.82. The zero-order valence-electron chi connectivity index (χ0n) is 9.61. The molecule has 0 spiro atoms. The van der Waals surface area contributed by atoms with Crippen molar-refractivity contribution >= 4 is 23.2 Å². The minimum Gasteiger partial charge on any atom is -0.466 e. The minimum atomic E-state index is -0.285. The zero-order chi connectivity index (χ0) is 12.4. The molecule has 90 valence electrons. The van der Waals surface area contributed by atoms with Gasteiger partial charge in [-0.15, -0.1) is 0 Å². The molecule has 0 bridgehead atoms. The van der Waals surface area contributed by atoms with Gasteiger partial charge in [-0.1, -0.05) is 11.6 Å². The Morgan fingerprint density at radius 3 is 3.00 bits per heavy atom. The van der Waals surface area contributed by atoms with E-state index in [0.717, 1.165) is 5.82 Å². The highest BCUT2D eigenvalue weighted by molar-refractivity contribution is 6.29. The van der Waals surface area contributed by atoms with E-state index in [2.05, 4.69) is 9.97 Å². The molecule has 17 heavy (non-hydrogen) atoms. The molecule has 5 nitrogen and oxygen atoms in total. The molecule has 0 unspecified atom stereocenters. The van der Waals surface area contributed by atoms with Gasteiger partial charge in [0.15, 0.2) is 0 Å². The van der Waals surface area contributed by atoms with Crippen LogP contribution in [0, 0.1) is 6.92 Å². The van der Waals surface area contributed by atoms with E-state index in [1.165, 1.54) is 0 Å². The van der Waals surface area contributed by atoms with Gasteiger partial charge < -0.3 is 4.74 Å². The van der Waals surface area contributed by atoms with Crippen molar-refractivity contribution in [2.45, 2.75) is 20.3 Å². The molecule has 0 aromatic carbocycles. The number of imidazole rings is 1. The summed E-state index contributed by atoms with van der Waals surface area (Å²) in [5.74, 6) is 0.447. The first-order chi connectivity index (χ1) is 8.10.